The maximum absolute atomic E-state index is 12.3. The number of hydrogen-bond donors (Lipinski definition) is 1. The predicted octanol–water partition coefficient (Wildman–Crippen LogP) is 1.95. The summed E-state index contributed by atoms with van der Waals surface area (Å²) in [6.45, 7) is 10.9. The monoisotopic (exact) mass is 314 g/mol. The Balaban J connectivity index is 2.86. The molecule has 0 radical (unpaired) electrons. The van der Waals surface area contributed by atoms with E-state index < -0.39 is 29.3 Å². The zero-order valence-corrected chi connectivity index (χ0v) is 14.2. The minimum Gasteiger partial charge on any atom is -0.443 e. The molecule has 1 aliphatic heterocycles. The zero-order chi connectivity index (χ0) is 17.1. The van der Waals surface area contributed by atoms with Gasteiger partial charge in [-0.1, -0.05) is 0 Å². The second-order valence-electron chi connectivity index (χ2n) is 7.37. The van der Waals surface area contributed by atoms with Crippen LogP contribution in [-0.4, -0.2) is 53.7 Å². The molecule has 1 atom stereocenters. The molecule has 7 nitrogen and oxygen atoms in total. The maximum atomic E-state index is 12.3. The highest BCUT2D eigenvalue weighted by Gasteiger charge is 2.36. The van der Waals surface area contributed by atoms with Crippen LogP contribution in [0.2, 0.25) is 0 Å². The number of Topliss-reactive ketones (excluding diaryl/α,β-unsaturated/α-hetero) is 1. The molecule has 1 rings (SSSR count). The van der Waals surface area contributed by atoms with Gasteiger partial charge >= 0.3 is 12.2 Å². The third-order valence-corrected chi connectivity index (χ3v) is 2.78. The second kappa shape index (κ2) is 6.64. The maximum Gasteiger partial charge on any atom is 0.419 e. The molecule has 0 aliphatic carbocycles. The summed E-state index contributed by atoms with van der Waals surface area (Å²) < 4.78 is 10.5. The van der Waals surface area contributed by atoms with Crippen molar-refractivity contribution >= 4 is 18.0 Å². The van der Waals surface area contributed by atoms with E-state index in [4.69, 9.17) is 9.47 Å². The predicted molar refractivity (Wildman–Crippen MR) is 80.5 cm³/mol. The van der Waals surface area contributed by atoms with E-state index in [0.717, 1.165) is 4.90 Å². The molecule has 2 amide bonds. The van der Waals surface area contributed by atoms with Gasteiger partial charge in [-0.05, 0) is 41.5 Å². The fourth-order valence-electron chi connectivity index (χ4n) is 1.87. The van der Waals surface area contributed by atoms with Crippen molar-refractivity contribution in [1.82, 2.24) is 10.2 Å². The molecule has 0 saturated carbocycles. The molecule has 1 fully saturated rings. The van der Waals surface area contributed by atoms with Gasteiger partial charge in [-0.2, -0.15) is 0 Å². The van der Waals surface area contributed by atoms with Crippen LogP contribution in [0.3, 0.4) is 0 Å². The number of nitrogens with one attached hydrogen (secondary N) is 1. The fraction of sp³-hybridized carbons (Fsp3) is 0.800. The number of hydrogen-bond acceptors (Lipinski definition) is 6. The number of ketones is 1. The molecular weight excluding hydrogens is 288 g/mol. The van der Waals surface area contributed by atoms with Gasteiger partial charge in [-0.25, -0.2) is 14.5 Å². The number of nitrogens with zero attached hydrogens (tertiary/aromatic N) is 1. The van der Waals surface area contributed by atoms with Gasteiger partial charge in [0.15, 0.2) is 5.78 Å². The number of ether oxygens (including phenoxy) is 2. The quantitative estimate of drug-likeness (QED) is 0.838. The second-order valence-corrected chi connectivity index (χ2v) is 7.37. The van der Waals surface area contributed by atoms with Crippen LogP contribution in [-0.2, 0) is 14.3 Å². The zero-order valence-electron chi connectivity index (χ0n) is 14.2. The van der Waals surface area contributed by atoms with Crippen molar-refractivity contribution in [3.63, 3.8) is 0 Å². The van der Waals surface area contributed by atoms with Crippen molar-refractivity contribution < 1.29 is 23.9 Å². The molecule has 1 heterocycles. The first-order chi connectivity index (χ1) is 9.89. The third kappa shape index (κ3) is 6.01. The first-order valence-corrected chi connectivity index (χ1v) is 7.36. The molecule has 1 N–H and O–H groups in total. The van der Waals surface area contributed by atoms with Gasteiger partial charge in [-0.15, -0.1) is 0 Å². The topological polar surface area (TPSA) is 84.9 Å². The first-order valence-electron chi connectivity index (χ1n) is 7.36. The Morgan fingerprint density at radius 1 is 1.09 bits per heavy atom. The van der Waals surface area contributed by atoms with Crippen LogP contribution in [0.25, 0.3) is 0 Å². The van der Waals surface area contributed by atoms with Crippen LogP contribution < -0.4 is 5.32 Å². The molecule has 0 spiro atoms. The summed E-state index contributed by atoms with van der Waals surface area (Å²) in [5, 5.41) is 2.92. The normalized spacial score (nSPS) is 19.0. The Morgan fingerprint density at radius 3 is 1.86 bits per heavy atom. The van der Waals surface area contributed by atoms with Gasteiger partial charge in [0.05, 0.1) is 6.54 Å². The highest BCUT2D eigenvalue weighted by atomic mass is 16.6. The van der Waals surface area contributed by atoms with E-state index in [1.807, 2.05) is 0 Å². The molecular formula is C15H26N2O5. The average Bonchev–Trinajstić information content (AvgIpc) is 2.66. The van der Waals surface area contributed by atoms with Crippen molar-refractivity contribution in [1.29, 1.82) is 0 Å². The summed E-state index contributed by atoms with van der Waals surface area (Å²) in [5.74, 6) is -0.461. The van der Waals surface area contributed by atoms with Crippen molar-refractivity contribution in [2.45, 2.75) is 52.7 Å². The summed E-state index contributed by atoms with van der Waals surface area (Å²) in [5.41, 5.74) is -1.48. The summed E-state index contributed by atoms with van der Waals surface area (Å²) >= 11 is 0. The average molecular weight is 314 g/mol. The Bertz CT molecular complexity index is 420. The van der Waals surface area contributed by atoms with Crippen LogP contribution in [0.15, 0.2) is 0 Å². The lowest BCUT2D eigenvalue weighted by atomic mass is 10.1. The minimum atomic E-state index is -0.804. The minimum absolute atomic E-state index is 0.0304. The lowest BCUT2D eigenvalue weighted by Gasteiger charge is -2.29. The van der Waals surface area contributed by atoms with E-state index in [-0.39, 0.29) is 18.9 Å². The van der Waals surface area contributed by atoms with Crippen LogP contribution in [0, 0.1) is 5.92 Å². The van der Waals surface area contributed by atoms with Crippen molar-refractivity contribution in [2.24, 2.45) is 5.92 Å². The van der Waals surface area contributed by atoms with Gasteiger partial charge in [0, 0.05) is 19.0 Å². The number of carbonyl (C=O) groups excluding carboxylic acids is 3. The van der Waals surface area contributed by atoms with Gasteiger partial charge < -0.3 is 14.8 Å². The van der Waals surface area contributed by atoms with E-state index in [1.54, 1.807) is 41.5 Å². The Morgan fingerprint density at radius 2 is 1.55 bits per heavy atom. The molecule has 7 heteroatoms. The van der Waals surface area contributed by atoms with E-state index >= 15 is 0 Å². The molecule has 1 unspecified atom stereocenters. The van der Waals surface area contributed by atoms with E-state index in [1.165, 1.54) is 0 Å². The number of imide groups is 1. The molecule has 0 aromatic carbocycles. The lowest BCUT2D eigenvalue weighted by molar-refractivity contribution is -0.119. The first kappa shape index (κ1) is 18.4. The highest BCUT2D eigenvalue weighted by molar-refractivity contribution is 5.90. The van der Waals surface area contributed by atoms with Crippen LogP contribution in [0.5, 0.6) is 0 Å². The van der Waals surface area contributed by atoms with Crippen LogP contribution >= 0.6 is 0 Å². The number of amides is 2. The number of rotatable bonds is 2. The van der Waals surface area contributed by atoms with Gasteiger partial charge in [0.2, 0.25) is 0 Å². The summed E-state index contributed by atoms with van der Waals surface area (Å²) in [7, 11) is 0. The van der Waals surface area contributed by atoms with Gasteiger partial charge in [0.1, 0.15) is 11.2 Å². The summed E-state index contributed by atoms with van der Waals surface area (Å²) in [6, 6.07) is 0. The standard InChI is InChI=1S/C15H26N2O5/c1-14(2,3)21-12(19)17(13(20)22-15(4,5)6)9-10-7-16-8-11(10)18/h10,16H,7-9H2,1-6H3. The number of carbonyl (C=O) groups is 3. The van der Waals surface area contributed by atoms with E-state index in [9.17, 15) is 14.4 Å². The largest absolute Gasteiger partial charge is 0.443 e. The van der Waals surface area contributed by atoms with Crippen molar-refractivity contribution in [3.8, 4) is 0 Å². The lowest BCUT2D eigenvalue weighted by Crippen LogP contribution is -2.46. The molecule has 0 aromatic heterocycles. The SMILES string of the molecule is CC(C)(C)OC(=O)N(CC1CNCC1=O)C(=O)OC(C)(C)C. The van der Waals surface area contributed by atoms with Gasteiger partial charge in [0.25, 0.3) is 0 Å². The Hall–Kier alpha value is -1.63. The summed E-state index contributed by atoms with van der Waals surface area (Å²) in [4.78, 5) is 37.1. The van der Waals surface area contributed by atoms with Gasteiger partial charge in [-0.3, -0.25) is 4.79 Å². The van der Waals surface area contributed by atoms with E-state index in [0.29, 0.717) is 6.54 Å². The third-order valence-electron chi connectivity index (χ3n) is 2.78. The molecule has 0 aromatic rings. The fourth-order valence-corrected chi connectivity index (χ4v) is 1.87. The summed E-state index contributed by atoms with van der Waals surface area (Å²) in [6.07, 6.45) is -1.61. The van der Waals surface area contributed by atoms with Crippen LogP contribution in [0.4, 0.5) is 9.59 Å². The smallest absolute Gasteiger partial charge is 0.419 e. The molecule has 126 valence electrons. The molecule has 1 aliphatic rings. The van der Waals surface area contributed by atoms with E-state index in [2.05, 4.69) is 5.32 Å². The Labute approximate surface area is 131 Å². The van der Waals surface area contributed by atoms with Crippen molar-refractivity contribution in [3.05, 3.63) is 0 Å². The van der Waals surface area contributed by atoms with Crippen molar-refractivity contribution in [2.75, 3.05) is 19.6 Å². The molecule has 1 saturated heterocycles. The van der Waals surface area contributed by atoms with Crippen LogP contribution in [0.1, 0.15) is 41.5 Å². The molecule has 0 bridgehead atoms. The Kier molecular flexibility index (Phi) is 5.56. The highest BCUT2D eigenvalue weighted by Crippen LogP contribution is 2.17. The molecule has 22 heavy (non-hydrogen) atoms.